The van der Waals surface area contributed by atoms with Gasteiger partial charge in [-0.2, -0.15) is 0 Å². The number of carbonyl (C=O) groups is 1. The lowest BCUT2D eigenvalue weighted by molar-refractivity contribution is -0.120. The van der Waals surface area contributed by atoms with Crippen LogP contribution in [0.1, 0.15) is 18.1 Å². The van der Waals surface area contributed by atoms with E-state index in [0.717, 1.165) is 16.8 Å². The van der Waals surface area contributed by atoms with Crippen molar-refractivity contribution < 1.29 is 9.53 Å². The largest absolute Gasteiger partial charge is 0.383 e. The van der Waals surface area contributed by atoms with Crippen molar-refractivity contribution in [3.05, 3.63) is 63.9 Å². The van der Waals surface area contributed by atoms with Gasteiger partial charge in [0.25, 0.3) is 5.56 Å². The van der Waals surface area contributed by atoms with Crippen molar-refractivity contribution >= 4 is 28.6 Å². The number of rotatable bonds is 7. The third-order valence-corrected chi connectivity index (χ3v) is 5.72. The van der Waals surface area contributed by atoms with Crippen LogP contribution in [0.2, 0.25) is 0 Å². The highest BCUT2D eigenvalue weighted by Gasteiger charge is 2.21. The highest BCUT2D eigenvalue weighted by molar-refractivity contribution is 8.00. The van der Waals surface area contributed by atoms with Crippen LogP contribution >= 0.6 is 11.8 Å². The van der Waals surface area contributed by atoms with E-state index in [1.165, 1.54) is 11.8 Å². The average Bonchev–Trinajstić information content (AvgIpc) is 2.70. The van der Waals surface area contributed by atoms with Gasteiger partial charge in [-0.25, -0.2) is 4.98 Å². The van der Waals surface area contributed by atoms with Gasteiger partial charge in [-0.05, 0) is 44.0 Å². The van der Waals surface area contributed by atoms with Crippen LogP contribution in [0.15, 0.2) is 52.4 Å². The van der Waals surface area contributed by atoms with Gasteiger partial charge in [0.1, 0.15) is 0 Å². The van der Waals surface area contributed by atoms with Gasteiger partial charge in [0.15, 0.2) is 5.16 Å². The van der Waals surface area contributed by atoms with Crippen molar-refractivity contribution in [2.24, 2.45) is 0 Å². The minimum atomic E-state index is -0.421. The van der Waals surface area contributed by atoms with Crippen LogP contribution in [0.4, 0.5) is 0 Å². The van der Waals surface area contributed by atoms with E-state index in [2.05, 4.69) is 5.32 Å². The number of para-hydroxylation sites is 2. The molecule has 1 N–H and O–H groups in total. The molecule has 3 rings (SSSR count). The smallest absolute Gasteiger partial charge is 0.266 e. The molecule has 0 fully saturated rings. The Morgan fingerprint density at radius 1 is 1.17 bits per heavy atom. The van der Waals surface area contributed by atoms with Crippen LogP contribution in [-0.4, -0.2) is 41.0 Å². The summed E-state index contributed by atoms with van der Waals surface area (Å²) in [5.74, 6) is -0.123. The molecule has 0 radical (unpaired) electrons. The second-order valence-electron chi connectivity index (χ2n) is 6.84. The van der Waals surface area contributed by atoms with Gasteiger partial charge in [0.2, 0.25) is 5.91 Å². The summed E-state index contributed by atoms with van der Waals surface area (Å²) in [5.41, 5.74) is 3.24. The molecule has 0 spiro atoms. The number of amides is 1. The lowest BCUT2D eigenvalue weighted by Gasteiger charge is -2.19. The molecule has 6 nitrogen and oxygen atoms in total. The lowest BCUT2D eigenvalue weighted by Crippen LogP contribution is -2.34. The predicted octanol–water partition coefficient (Wildman–Crippen LogP) is 3.25. The summed E-state index contributed by atoms with van der Waals surface area (Å²) in [6.45, 7) is 6.64. The third kappa shape index (κ3) is 4.52. The number of aromatic nitrogens is 2. The fraction of sp³-hybridized carbons (Fsp3) is 0.318. The molecule has 0 unspecified atom stereocenters. The summed E-state index contributed by atoms with van der Waals surface area (Å²) in [6.07, 6.45) is 0. The molecule has 2 aromatic carbocycles. The number of hydrogen-bond acceptors (Lipinski definition) is 5. The van der Waals surface area contributed by atoms with Crippen molar-refractivity contribution in [3.63, 3.8) is 0 Å². The molecule has 1 heterocycles. The molecule has 0 saturated heterocycles. The number of carbonyl (C=O) groups excluding carboxylic acids is 1. The van der Waals surface area contributed by atoms with Crippen LogP contribution in [0.3, 0.4) is 0 Å². The fourth-order valence-electron chi connectivity index (χ4n) is 3.18. The molecule has 29 heavy (non-hydrogen) atoms. The van der Waals surface area contributed by atoms with E-state index in [-0.39, 0.29) is 11.5 Å². The number of ether oxygens (including phenoxy) is 1. The van der Waals surface area contributed by atoms with E-state index in [1.807, 2.05) is 57.2 Å². The van der Waals surface area contributed by atoms with Crippen molar-refractivity contribution in [1.82, 2.24) is 14.9 Å². The fourth-order valence-corrected chi connectivity index (χ4v) is 4.12. The first kappa shape index (κ1) is 21.1. The number of fused-ring (bicyclic) bond motifs is 1. The predicted molar refractivity (Wildman–Crippen MR) is 117 cm³/mol. The van der Waals surface area contributed by atoms with Gasteiger partial charge in [-0.1, -0.05) is 42.1 Å². The van der Waals surface area contributed by atoms with Crippen molar-refractivity contribution in [1.29, 1.82) is 0 Å². The molecule has 152 valence electrons. The number of aryl methyl sites for hydroxylation is 2. The Hall–Kier alpha value is -2.64. The number of thioether (sulfide) groups is 1. The zero-order valence-electron chi connectivity index (χ0n) is 17.1. The van der Waals surface area contributed by atoms with Gasteiger partial charge in [0, 0.05) is 13.7 Å². The van der Waals surface area contributed by atoms with Crippen LogP contribution in [0.25, 0.3) is 16.6 Å². The third-order valence-electron chi connectivity index (χ3n) is 4.66. The Labute approximate surface area is 174 Å². The first-order chi connectivity index (χ1) is 13.9. The Kier molecular flexibility index (Phi) is 6.71. The number of methoxy groups -OCH3 is 1. The first-order valence-corrected chi connectivity index (χ1v) is 10.3. The van der Waals surface area contributed by atoms with Crippen LogP contribution in [0.5, 0.6) is 0 Å². The van der Waals surface area contributed by atoms with Crippen molar-refractivity contribution in [2.45, 2.75) is 31.2 Å². The minimum absolute atomic E-state index is 0.123. The molecular weight excluding hydrogens is 386 g/mol. The van der Waals surface area contributed by atoms with Crippen molar-refractivity contribution in [2.75, 3.05) is 20.3 Å². The second-order valence-corrected chi connectivity index (χ2v) is 8.14. The molecular formula is C22H25N3O3S. The molecule has 1 atom stereocenters. The van der Waals surface area contributed by atoms with Gasteiger partial charge < -0.3 is 10.1 Å². The number of nitrogens with zero attached hydrogens (tertiary/aromatic N) is 2. The Morgan fingerprint density at radius 3 is 2.55 bits per heavy atom. The summed E-state index contributed by atoms with van der Waals surface area (Å²) < 4.78 is 6.61. The molecule has 3 aromatic rings. The minimum Gasteiger partial charge on any atom is -0.383 e. The molecule has 7 heteroatoms. The zero-order chi connectivity index (χ0) is 21.0. The molecule has 0 aliphatic heterocycles. The Bertz CT molecular complexity index is 1070. The molecule has 0 bridgehead atoms. The highest BCUT2D eigenvalue weighted by Crippen LogP contribution is 2.27. The van der Waals surface area contributed by atoms with Gasteiger partial charge in [-0.3, -0.25) is 14.2 Å². The number of hydrogen-bond donors (Lipinski definition) is 1. The molecule has 1 amide bonds. The maximum Gasteiger partial charge on any atom is 0.266 e. The lowest BCUT2D eigenvalue weighted by atomic mass is 10.1. The summed E-state index contributed by atoms with van der Waals surface area (Å²) in [5, 5.41) is 3.47. The van der Waals surface area contributed by atoms with Gasteiger partial charge >= 0.3 is 0 Å². The first-order valence-electron chi connectivity index (χ1n) is 9.45. The summed E-state index contributed by atoms with van der Waals surface area (Å²) in [4.78, 5) is 30.6. The van der Waals surface area contributed by atoms with Crippen LogP contribution in [0, 0.1) is 13.8 Å². The van der Waals surface area contributed by atoms with Gasteiger partial charge in [0.05, 0.1) is 28.4 Å². The molecule has 0 saturated carbocycles. The maximum atomic E-state index is 13.4. The highest BCUT2D eigenvalue weighted by atomic mass is 32.2. The Balaban J connectivity index is 2.11. The topological polar surface area (TPSA) is 73.2 Å². The number of nitrogens with one attached hydrogen (secondary N) is 1. The van der Waals surface area contributed by atoms with E-state index in [4.69, 9.17) is 9.72 Å². The molecule has 0 aliphatic carbocycles. The van der Waals surface area contributed by atoms with E-state index in [0.29, 0.717) is 29.2 Å². The summed E-state index contributed by atoms with van der Waals surface area (Å²) >= 11 is 1.28. The SMILES string of the molecule is COCCNC(=O)[C@H](C)Sc1nc2ccccc2c(=O)n1-c1c(C)cccc1C. The zero-order valence-corrected chi connectivity index (χ0v) is 17.9. The standard InChI is InChI=1S/C22H25N3O3S/c1-14-8-7-9-15(2)19(14)25-21(27)17-10-5-6-11-18(17)24-22(25)29-16(3)20(26)23-12-13-28-4/h5-11,16H,12-13H2,1-4H3,(H,23,26)/t16-/m0/s1. The molecule has 1 aromatic heterocycles. The monoisotopic (exact) mass is 411 g/mol. The number of benzene rings is 2. The van der Waals surface area contributed by atoms with Crippen LogP contribution < -0.4 is 10.9 Å². The Morgan fingerprint density at radius 2 is 1.86 bits per heavy atom. The van der Waals surface area contributed by atoms with E-state index in [9.17, 15) is 9.59 Å². The van der Waals surface area contributed by atoms with E-state index >= 15 is 0 Å². The average molecular weight is 412 g/mol. The molecule has 0 aliphatic rings. The quantitative estimate of drug-likeness (QED) is 0.367. The van der Waals surface area contributed by atoms with Crippen molar-refractivity contribution in [3.8, 4) is 5.69 Å². The second kappa shape index (κ2) is 9.24. The van der Waals surface area contributed by atoms with E-state index < -0.39 is 5.25 Å². The van der Waals surface area contributed by atoms with E-state index in [1.54, 1.807) is 17.7 Å². The van der Waals surface area contributed by atoms with Gasteiger partial charge in [-0.15, -0.1) is 0 Å². The van der Waals surface area contributed by atoms with Crippen LogP contribution in [-0.2, 0) is 9.53 Å². The maximum absolute atomic E-state index is 13.4. The summed E-state index contributed by atoms with van der Waals surface area (Å²) in [7, 11) is 1.59. The normalized spacial score (nSPS) is 12.1. The summed E-state index contributed by atoms with van der Waals surface area (Å²) in [6, 6.07) is 13.2.